The summed E-state index contributed by atoms with van der Waals surface area (Å²) in [5, 5.41) is 11.1. The van der Waals surface area contributed by atoms with Gasteiger partial charge in [0.2, 0.25) is 0 Å². The number of aromatic nitrogens is 2. The lowest BCUT2D eigenvalue weighted by Crippen LogP contribution is -2.15. The van der Waals surface area contributed by atoms with Crippen LogP contribution in [0.25, 0.3) is 16.6 Å². The van der Waals surface area contributed by atoms with Gasteiger partial charge in [-0.25, -0.2) is 4.98 Å². The highest BCUT2D eigenvalue weighted by Gasteiger charge is 2.15. The van der Waals surface area contributed by atoms with E-state index in [0.717, 1.165) is 16.5 Å². The summed E-state index contributed by atoms with van der Waals surface area (Å²) in [6.45, 7) is 1.10. The minimum Gasteiger partial charge on any atom is -0.486 e. The fraction of sp³-hybridized carbons (Fsp3) is 0.125. The standard InChI is InChI=1S/C16H11N3O2/c17-10-12-2-1-5-19(12)16-13-9-15-14(20-6-7-21-15)8-11(13)3-4-18-16/h1-5,8-9H,6-7H2. The Labute approximate surface area is 121 Å². The maximum Gasteiger partial charge on any atom is 0.162 e. The maximum atomic E-state index is 9.19. The van der Waals surface area contributed by atoms with Crippen molar-refractivity contribution in [2.45, 2.75) is 0 Å². The summed E-state index contributed by atoms with van der Waals surface area (Å²) in [6.07, 6.45) is 3.56. The van der Waals surface area contributed by atoms with E-state index in [4.69, 9.17) is 9.47 Å². The van der Waals surface area contributed by atoms with E-state index in [1.807, 2.05) is 30.5 Å². The molecule has 4 rings (SSSR count). The van der Waals surface area contributed by atoms with Gasteiger partial charge >= 0.3 is 0 Å². The van der Waals surface area contributed by atoms with Crippen molar-refractivity contribution in [1.29, 1.82) is 5.26 Å². The summed E-state index contributed by atoms with van der Waals surface area (Å²) in [5.41, 5.74) is 0.546. The highest BCUT2D eigenvalue weighted by molar-refractivity contribution is 5.91. The van der Waals surface area contributed by atoms with E-state index in [1.54, 1.807) is 16.8 Å². The van der Waals surface area contributed by atoms with Gasteiger partial charge in [-0.15, -0.1) is 0 Å². The molecule has 0 unspecified atom stereocenters. The Balaban J connectivity index is 2.00. The number of pyridine rings is 1. The third-order valence-corrected chi connectivity index (χ3v) is 3.50. The van der Waals surface area contributed by atoms with Gasteiger partial charge in [0.1, 0.15) is 30.8 Å². The van der Waals surface area contributed by atoms with Crippen LogP contribution in [0.5, 0.6) is 11.5 Å². The zero-order valence-electron chi connectivity index (χ0n) is 11.1. The van der Waals surface area contributed by atoms with Crippen LogP contribution in [0.2, 0.25) is 0 Å². The molecule has 0 amide bonds. The van der Waals surface area contributed by atoms with Gasteiger partial charge in [-0.1, -0.05) is 0 Å². The van der Waals surface area contributed by atoms with Gasteiger partial charge in [0.05, 0.1) is 0 Å². The predicted octanol–water partition coefficient (Wildman–Crippen LogP) is 2.67. The van der Waals surface area contributed by atoms with Gasteiger partial charge in [0, 0.05) is 17.8 Å². The molecule has 0 fully saturated rings. The van der Waals surface area contributed by atoms with Crippen LogP contribution in [0, 0.1) is 11.3 Å². The molecule has 2 aromatic heterocycles. The van der Waals surface area contributed by atoms with Crippen LogP contribution in [-0.2, 0) is 0 Å². The monoisotopic (exact) mass is 277 g/mol. The van der Waals surface area contributed by atoms with Crippen molar-refractivity contribution >= 4 is 10.8 Å². The first-order chi connectivity index (χ1) is 10.4. The van der Waals surface area contributed by atoms with Crippen molar-refractivity contribution in [2.75, 3.05) is 13.2 Å². The molecule has 1 aromatic carbocycles. The molecule has 102 valence electrons. The molecule has 3 heterocycles. The third kappa shape index (κ3) is 1.81. The molecule has 0 spiro atoms. The molecule has 1 aliphatic rings. The third-order valence-electron chi connectivity index (χ3n) is 3.50. The zero-order chi connectivity index (χ0) is 14.2. The fourth-order valence-corrected chi connectivity index (χ4v) is 2.54. The Hall–Kier alpha value is -3.00. The van der Waals surface area contributed by atoms with Gasteiger partial charge in [-0.3, -0.25) is 4.57 Å². The van der Waals surface area contributed by atoms with Crippen molar-refractivity contribution in [2.24, 2.45) is 0 Å². The Morgan fingerprint density at radius 2 is 1.95 bits per heavy atom. The Bertz CT molecular complexity index is 877. The first-order valence-electron chi connectivity index (χ1n) is 6.63. The lowest BCUT2D eigenvalue weighted by atomic mass is 10.1. The molecular formula is C16H11N3O2. The smallest absolute Gasteiger partial charge is 0.162 e. The fourth-order valence-electron chi connectivity index (χ4n) is 2.54. The van der Waals surface area contributed by atoms with E-state index < -0.39 is 0 Å². The summed E-state index contributed by atoms with van der Waals surface area (Å²) in [4.78, 5) is 4.42. The maximum absolute atomic E-state index is 9.19. The number of fused-ring (bicyclic) bond motifs is 2. The Morgan fingerprint density at radius 3 is 2.76 bits per heavy atom. The second kappa shape index (κ2) is 4.53. The molecule has 1 aliphatic heterocycles. The molecule has 0 saturated heterocycles. The molecule has 5 nitrogen and oxygen atoms in total. The van der Waals surface area contributed by atoms with Crippen molar-refractivity contribution in [3.8, 4) is 23.4 Å². The minimum atomic E-state index is 0.543. The summed E-state index contributed by atoms with van der Waals surface area (Å²) in [6, 6.07) is 11.6. The Kier molecular flexibility index (Phi) is 2.54. The molecule has 0 saturated carbocycles. The zero-order valence-corrected chi connectivity index (χ0v) is 11.1. The first-order valence-corrected chi connectivity index (χ1v) is 6.63. The van der Waals surface area contributed by atoms with Crippen molar-refractivity contribution in [1.82, 2.24) is 9.55 Å². The highest BCUT2D eigenvalue weighted by atomic mass is 16.6. The number of benzene rings is 1. The normalized spacial score (nSPS) is 13.1. The Morgan fingerprint density at radius 1 is 1.14 bits per heavy atom. The van der Waals surface area contributed by atoms with Crippen LogP contribution >= 0.6 is 0 Å². The molecule has 5 heteroatoms. The number of hydrogen-bond donors (Lipinski definition) is 0. The summed E-state index contributed by atoms with van der Waals surface area (Å²) >= 11 is 0. The van der Waals surface area contributed by atoms with E-state index in [2.05, 4.69) is 11.1 Å². The summed E-state index contributed by atoms with van der Waals surface area (Å²) < 4.78 is 13.0. The lowest BCUT2D eigenvalue weighted by Gasteiger charge is -2.19. The van der Waals surface area contributed by atoms with Crippen LogP contribution < -0.4 is 9.47 Å². The van der Waals surface area contributed by atoms with Crippen LogP contribution in [0.15, 0.2) is 42.7 Å². The topological polar surface area (TPSA) is 60.1 Å². The van der Waals surface area contributed by atoms with E-state index in [-0.39, 0.29) is 0 Å². The average molecular weight is 277 g/mol. The van der Waals surface area contributed by atoms with Gasteiger partial charge in [0.25, 0.3) is 0 Å². The van der Waals surface area contributed by atoms with Gasteiger partial charge in [0.15, 0.2) is 11.5 Å². The SMILES string of the molecule is N#Cc1cccn1-c1nccc2cc3c(cc12)OCCO3. The predicted molar refractivity (Wildman–Crippen MR) is 76.8 cm³/mol. The molecular weight excluding hydrogens is 266 g/mol. The molecule has 0 N–H and O–H groups in total. The average Bonchev–Trinajstić information content (AvgIpc) is 3.00. The number of ether oxygens (including phenoxy) is 2. The number of nitriles is 1. The van der Waals surface area contributed by atoms with Gasteiger partial charge in [-0.2, -0.15) is 5.26 Å². The molecule has 3 aromatic rings. The largest absolute Gasteiger partial charge is 0.486 e. The van der Waals surface area contributed by atoms with Crippen LogP contribution in [0.1, 0.15) is 5.69 Å². The van der Waals surface area contributed by atoms with Gasteiger partial charge in [-0.05, 0) is 35.7 Å². The van der Waals surface area contributed by atoms with Crippen LogP contribution in [-0.4, -0.2) is 22.8 Å². The molecule has 0 radical (unpaired) electrons. The quantitative estimate of drug-likeness (QED) is 0.686. The van der Waals surface area contributed by atoms with Gasteiger partial charge < -0.3 is 9.47 Å². The minimum absolute atomic E-state index is 0.543. The van der Waals surface area contributed by atoms with Crippen molar-refractivity contribution in [3.63, 3.8) is 0 Å². The van der Waals surface area contributed by atoms with Crippen molar-refractivity contribution < 1.29 is 9.47 Å². The van der Waals surface area contributed by atoms with E-state index in [1.165, 1.54) is 0 Å². The first kappa shape index (κ1) is 11.8. The number of nitrogens with zero attached hydrogens (tertiary/aromatic N) is 3. The molecule has 0 bridgehead atoms. The highest BCUT2D eigenvalue weighted by Crippen LogP contribution is 2.36. The number of hydrogen-bond acceptors (Lipinski definition) is 4. The van der Waals surface area contributed by atoms with Crippen LogP contribution in [0.4, 0.5) is 0 Å². The molecule has 0 aliphatic carbocycles. The lowest BCUT2D eigenvalue weighted by molar-refractivity contribution is 0.172. The van der Waals surface area contributed by atoms with Crippen molar-refractivity contribution in [3.05, 3.63) is 48.4 Å². The molecule has 0 atom stereocenters. The van der Waals surface area contributed by atoms with E-state index in [9.17, 15) is 5.26 Å². The summed E-state index contributed by atoms with van der Waals surface area (Å²) in [5.74, 6) is 2.18. The van der Waals surface area contributed by atoms with E-state index in [0.29, 0.717) is 30.5 Å². The summed E-state index contributed by atoms with van der Waals surface area (Å²) in [7, 11) is 0. The second-order valence-electron chi connectivity index (χ2n) is 4.73. The van der Waals surface area contributed by atoms with E-state index >= 15 is 0 Å². The number of rotatable bonds is 1. The molecule has 21 heavy (non-hydrogen) atoms. The second-order valence-corrected chi connectivity index (χ2v) is 4.73. The van der Waals surface area contributed by atoms with Crippen LogP contribution in [0.3, 0.4) is 0 Å².